The quantitative estimate of drug-likeness (QED) is 0.801. The molecule has 0 aliphatic heterocycles. The first-order valence-electron chi connectivity index (χ1n) is 6.79. The third kappa shape index (κ3) is 3.52. The maximum absolute atomic E-state index is 12.8. The molecule has 3 aromatic rings. The number of nitrogens with one attached hydrogen (secondary N) is 1. The van der Waals surface area contributed by atoms with Gasteiger partial charge < -0.3 is 9.73 Å². The van der Waals surface area contributed by atoms with Crippen LogP contribution in [0.4, 0.5) is 10.1 Å². The van der Waals surface area contributed by atoms with E-state index in [1.54, 1.807) is 12.1 Å². The maximum Gasteiger partial charge on any atom is 0.267 e. The summed E-state index contributed by atoms with van der Waals surface area (Å²) in [6.07, 6.45) is 1.49. The Bertz CT molecular complexity index is 870. The number of rotatable bonds is 4. The van der Waals surface area contributed by atoms with E-state index >= 15 is 0 Å². The van der Waals surface area contributed by atoms with Crippen molar-refractivity contribution in [3.8, 4) is 11.5 Å². The Hall–Kier alpha value is -3.22. The third-order valence-electron chi connectivity index (χ3n) is 3.06. The highest BCUT2D eigenvalue weighted by molar-refractivity contribution is 5.90. The number of benzene rings is 1. The molecule has 7 heteroatoms. The molecule has 3 rings (SSSR count). The second-order valence-corrected chi connectivity index (χ2v) is 4.75. The van der Waals surface area contributed by atoms with Crippen LogP contribution >= 0.6 is 0 Å². The second kappa shape index (κ2) is 6.27. The van der Waals surface area contributed by atoms with Gasteiger partial charge in [-0.25, -0.2) is 9.07 Å². The molecule has 6 nitrogen and oxygen atoms in total. The number of nitrogens with zero attached hydrogens (tertiary/aromatic N) is 2. The molecule has 0 aliphatic rings. The Labute approximate surface area is 130 Å². The van der Waals surface area contributed by atoms with Crippen LogP contribution in [0.2, 0.25) is 0 Å². The predicted octanol–water partition coefficient (Wildman–Crippen LogP) is 2.28. The molecule has 0 unspecified atom stereocenters. The summed E-state index contributed by atoms with van der Waals surface area (Å²) < 4.78 is 19.1. The number of anilines is 1. The van der Waals surface area contributed by atoms with Gasteiger partial charge in [-0.05, 0) is 42.5 Å². The summed E-state index contributed by atoms with van der Waals surface area (Å²) in [6, 6.07) is 11.6. The number of hydrogen-bond donors (Lipinski definition) is 1. The summed E-state index contributed by atoms with van der Waals surface area (Å²) in [5, 5.41) is 6.67. The fourth-order valence-electron chi connectivity index (χ4n) is 1.99. The van der Waals surface area contributed by atoms with Crippen molar-refractivity contribution in [1.29, 1.82) is 0 Å². The number of halogens is 1. The molecule has 23 heavy (non-hydrogen) atoms. The fourth-order valence-corrected chi connectivity index (χ4v) is 1.99. The molecular weight excluding hydrogens is 301 g/mol. The van der Waals surface area contributed by atoms with E-state index in [-0.39, 0.29) is 6.54 Å². The molecule has 0 saturated carbocycles. The van der Waals surface area contributed by atoms with Gasteiger partial charge in [-0.15, -0.1) is 0 Å². The highest BCUT2D eigenvalue weighted by atomic mass is 19.1. The van der Waals surface area contributed by atoms with E-state index in [1.165, 1.54) is 42.7 Å². The van der Waals surface area contributed by atoms with Gasteiger partial charge >= 0.3 is 0 Å². The summed E-state index contributed by atoms with van der Waals surface area (Å²) in [6.45, 7) is -0.259. The van der Waals surface area contributed by atoms with Crippen LogP contribution in [0.5, 0.6) is 0 Å². The van der Waals surface area contributed by atoms with Crippen LogP contribution in [0.1, 0.15) is 0 Å². The lowest BCUT2D eigenvalue weighted by molar-refractivity contribution is -0.117. The molecule has 0 aliphatic carbocycles. The Kier molecular flexibility index (Phi) is 4.01. The molecule has 0 atom stereocenters. The van der Waals surface area contributed by atoms with E-state index in [0.29, 0.717) is 17.1 Å². The minimum atomic E-state index is -0.442. The predicted molar refractivity (Wildman–Crippen MR) is 81.2 cm³/mol. The lowest BCUT2D eigenvalue weighted by Gasteiger charge is -2.07. The Balaban J connectivity index is 1.76. The molecule has 0 spiro atoms. The van der Waals surface area contributed by atoms with Gasteiger partial charge in [-0.3, -0.25) is 9.59 Å². The monoisotopic (exact) mass is 313 g/mol. The van der Waals surface area contributed by atoms with Crippen LogP contribution in [-0.4, -0.2) is 15.7 Å². The van der Waals surface area contributed by atoms with Crippen LogP contribution in [0, 0.1) is 5.82 Å². The van der Waals surface area contributed by atoms with E-state index in [2.05, 4.69) is 10.4 Å². The highest BCUT2D eigenvalue weighted by Crippen LogP contribution is 2.15. The molecule has 0 radical (unpaired) electrons. The average Bonchev–Trinajstić information content (AvgIpc) is 3.06. The third-order valence-corrected chi connectivity index (χ3v) is 3.06. The Morgan fingerprint density at radius 2 is 1.96 bits per heavy atom. The largest absolute Gasteiger partial charge is 0.463 e. The zero-order valence-corrected chi connectivity index (χ0v) is 11.9. The minimum Gasteiger partial charge on any atom is -0.463 e. The van der Waals surface area contributed by atoms with Crippen molar-refractivity contribution >= 4 is 11.6 Å². The van der Waals surface area contributed by atoms with Gasteiger partial charge in [0.25, 0.3) is 5.56 Å². The van der Waals surface area contributed by atoms with Crippen molar-refractivity contribution in [3.63, 3.8) is 0 Å². The van der Waals surface area contributed by atoms with Crippen LogP contribution in [0.25, 0.3) is 11.5 Å². The van der Waals surface area contributed by atoms with Crippen molar-refractivity contribution in [2.24, 2.45) is 0 Å². The molecule has 116 valence electrons. The molecule has 0 fully saturated rings. The van der Waals surface area contributed by atoms with Gasteiger partial charge in [-0.1, -0.05) is 0 Å². The van der Waals surface area contributed by atoms with Gasteiger partial charge in [0.05, 0.1) is 6.26 Å². The van der Waals surface area contributed by atoms with Crippen LogP contribution in [-0.2, 0) is 11.3 Å². The lowest BCUT2D eigenvalue weighted by atomic mass is 10.3. The van der Waals surface area contributed by atoms with Gasteiger partial charge in [0.1, 0.15) is 18.1 Å². The van der Waals surface area contributed by atoms with Crippen LogP contribution in [0.15, 0.2) is 64.0 Å². The van der Waals surface area contributed by atoms with E-state index in [0.717, 1.165) is 4.68 Å². The zero-order chi connectivity index (χ0) is 16.2. The minimum absolute atomic E-state index is 0.259. The Morgan fingerprint density at radius 3 is 2.65 bits per heavy atom. The standard InChI is InChI=1S/C16H12FN3O3/c17-11-3-5-12(6-4-11)18-15(21)10-20-16(22)8-7-13(19-20)14-2-1-9-23-14/h1-9H,10H2,(H,18,21). The first kappa shape index (κ1) is 14.7. The van der Waals surface area contributed by atoms with Crippen LogP contribution < -0.4 is 10.9 Å². The average molecular weight is 313 g/mol. The molecule has 2 heterocycles. The SMILES string of the molecule is O=C(Cn1nc(-c2ccco2)ccc1=O)Nc1ccc(F)cc1. The number of amides is 1. The maximum atomic E-state index is 12.8. The lowest BCUT2D eigenvalue weighted by Crippen LogP contribution is -2.29. The van der Waals surface area contributed by atoms with Crippen molar-refractivity contribution in [2.75, 3.05) is 5.32 Å². The van der Waals surface area contributed by atoms with Gasteiger partial charge in [0.2, 0.25) is 5.91 Å². The molecule has 1 N–H and O–H groups in total. The van der Waals surface area contributed by atoms with Gasteiger partial charge in [0.15, 0.2) is 5.76 Å². The Morgan fingerprint density at radius 1 is 1.17 bits per heavy atom. The van der Waals surface area contributed by atoms with E-state index < -0.39 is 17.3 Å². The first-order chi connectivity index (χ1) is 11.1. The summed E-state index contributed by atoms with van der Waals surface area (Å²) in [4.78, 5) is 23.8. The first-order valence-corrected chi connectivity index (χ1v) is 6.79. The number of aromatic nitrogens is 2. The van der Waals surface area contributed by atoms with Crippen molar-refractivity contribution in [3.05, 3.63) is 71.0 Å². The molecule has 1 amide bonds. The normalized spacial score (nSPS) is 10.5. The molecule has 1 aromatic carbocycles. The summed E-state index contributed by atoms with van der Waals surface area (Å²) >= 11 is 0. The fraction of sp³-hybridized carbons (Fsp3) is 0.0625. The molecular formula is C16H12FN3O3. The highest BCUT2D eigenvalue weighted by Gasteiger charge is 2.09. The van der Waals surface area contributed by atoms with E-state index in [4.69, 9.17) is 4.42 Å². The summed E-state index contributed by atoms with van der Waals surface area (Å²) in [7, 11) is 0. The van der Waals surface area contributed by atoms with Gasteiger partial charge in [-0.2, -0.15) is 5.10 Å². The van der Waals surface area contributed by atoms with Crippen molar-refractivity contribution < 1.29 is 13.6 Å². The molecule has 2 aromatic heterocycles. The topological polar surface area (TPSA) is 77.1 Å². The van der Waals surface area contributed by atoms with Crippen LogP contribution in [0.3, 0.4) is 0 Å². The summed E-state index contributed by atoms with van der Waals surface area (Å²) in [5.74, 6) is -0.340. The van der Waals surface area contributed by atoms with Crippen molar-refractivity contribution in [1.82, 2.24) is 9.78 Å². The smallest absolute Gasteiger partial charge is 0.267 e. The number of hydrogen-bond acceptors (Lipinski definition) is 4. The van der Waals surface area contributed by atoms with Gasteiger partial charge in [0, 0.05) is 11.8 Å². The van der Waals surface area contributed by atoms with E-state index in [1.807, 2.05) is 0 Å². The van der Waals surface area contributed by atoms with E-state index in [9.17, 15) is 14.0 Å². The number of furan rings is 1. The second-order valence-electron chi connectivity index (χ2n) is 4.75. The number of carbonyl (C=O) groups is 1. The van der Waals surface area contributed by atoms with Crippen molar-refractivity contribution in [2.45, 2.75) is 6.54 Å². The number of carbonyl (C=O) groups excluding carboxylic acids is 1. The molecule has 0 bridgehead atoms. The summed E-state index contributed by atoms with van der Waals surface area (Å²) in [5.41, 5.74) is 0.477. The molecule has 0 saturated heterocycles. The zero-order valence-electron chi connectivity index (χ0n) is 11.9.